The number of azide groups is 1. The van der Waals surface area contributed by atoms with Crippen LogP contribution >= 0.6 is 0 Å². The number of benzene rings is 1. The molecule has 1 aromatic carbocycles. The molecule has 17 heavy (non-hydrogen) atoms. The van der Waals surface area contributed by atoms with Crippen LogP contribution in [0.3, 0.4) is 0 Å². The molecule has 0 N–H and O–H groups in total. The van der Waals surface area contributed by atoms with Gasteiger partial charge in [0.2, 0.25) is 0 Å². The van der Waals surface area contributed by atoms with E-state index in [0.717, 1.165) is 18.4 Å². The van der Waals surface area contributed by atoms with Crippen molar-refractivity contribution < 1.29 is 0 Å². The van der Waals surface area contributed by atoms with Crippen molar-refractivity contribution in [2.75, 3.05) is 0 Å². The molecule has 0 fully saturated rings. The van der Waals surface area contributed by atoms with Crippen LogP contribution in [0.15, 0.2) is 53.9 Å². The van der Waals surface area contributed by atoms with Crippen molar-refractivity contribution in [2.24, 2.45) is 5.11 Å². The van der Waals surface area contributed by atoms with Gasteiger partial charge in [-0.05, 0) is 41.6 Å². The zero-order valence-electron chi connectivity index (χ0n) is 9.32. The molecular formula is C13H12N4. The lowest BCUT2D eigenvalue weighted by Gasteiger charge is -2.04. The summed E-state index contributed by atoms with van der Waals surface area (Å²) in [4.78, 5) is 6.82. The molecule has 0 saturated carbocycles. The molecule has 0 spiro atoms. The first-order chi connectivity index (χ1) is 8.40. The lowest BCUT2D eigenvalue weighted by Crippen LogP contribution is -1.91. The minimum Gasteiger partial charge on any atom is -0.265 e. The number of hydrogen-bond acceptors (Lipinski definition) is 2. The van der Waals surface area contributed by atoms with E-state index in [1.807, 2.05) is 36.4 Å². The van der Waals surface area contributed by atoms with Crippen molar-refractivity contribution in [1.29, 1.82) is 0 Å². The summed E-state index contributed by atoms with van der Waals surface area (Å²) < 4.78 is 0. The van der Waals surface area contributed by atoms with Gasteiger partial charge in [0.15, 0.2) is 0 Å². The Morgan fingerprint density at radius 1 is 1.06 bits per heavy atom. The second-order valence-corrected chi connectivity index (χ2v) is 3.67. The molecule has 0 aliphatic rings. The quantitative estimate of drug-likeness (QED) is 0.442. The van der Waals surface area contributed by atoms with Crippen LogP contribution in [0, 0.1) is 0 Å². The Bertz CT molecular complexity index is 530. The predicted octanol–water partition coefficient (Wildman–Crippen LogP) is 3.81. The summed E-state index contributed by atoms with van der Waals surface area (Å²) in [5.41, 5.74) is 11.5. The zero-order valence-corrected chi connectivity index (χ0v) is 9.32. The highest BCUT2D eigenvalue weighted by Gasteiger charge is 2.00. The van der Waals surface area contributed by atoms with E-state index in [2.05, 4.69) is 15.0 Å². The SMILES string of the molecule is [N-]=[N+]=Nc1ccccc1CCc1ccncc1. The molecule has 0 saturated heterocycles. The van der Waals surface area contributed by atoms with Crippen LogP contribution in [0.2, 0.25) is 0 Å². The summed E-state index contributed by atoms with van der Waals surface area (Å²) in [5, 5.41) is 3.69. The lowest BCUT2D eigenvalue weighted by molar-refractivity contribution is 0.954. The fraction of sp³-hybridized carbons (Fsp3) is 0.154. The Morgan fingerprint density at radius 2 is 1.82 bits per heavy atom. The standard InChI is InChI=1S/C13H12N4/c14-17-16-13-4-2-1-3-12(13)6-5-11-7-9-15-10-8-11/h1-4,7-10H,5-6H2. The number of nitrogens with zero attached hydrogens (tertiary/aromatic N) is 4. The number of rotatable bonds is 4. The van der Waals surface area contributed by atoms with Crippen molar-refractivity contribution in [3.63, 3.8) is 0 Å². The first-order valence-electron chi connectivity index (χ1n) is 5.42. The molecule has 4 heteroatoms. The molecule has 0 bridgehead atoms. The summed E-state index contributed by atoms with van der Waals surface area (Å²) in [6, 6.07) is 11.7. The molecule has 2 aromatic rings. The summed E-state index contributed by atoms with van der Waals surface area (Å²) >= 11 is 0. The van der Waals surface area contributed by atoms with Crippen LogP contribution in [-0.2, 0) is 12.8 Å². The molecule has 1 aromatic heterocycles. The highest BCUT2D eigenvalue weighted by atomic mass is 15.1. The molecular weight excluding hydrogens is 212 g/mol. The van der Waals surface area contributed by atoms with Crippen molar-refractivity contribution >= 4 is 5.69 Å². The van der Waals surface area contributed by atoms with Crippen LogP contribution in [0.5, 0.6) is 0 Å². The first-order valence-corrected chi connectivity index (χ1v) is 5.42. The van der Waals surface area contributed by atoms with Gasteiger partial charge in [-0.15, -0.1) is 0 Å². The Balaban J connectivity index is 2.11. The smallest absolute Gasteiger partial charge is 0.0407 e. The van der Waals surface area contributed by atoms with Crippen LogP contribution in [0.4, 0.5) is 5.69 Å². The maximum absolute atomic E-state index is 8.48. The van der Waals surface area contributed by atoms with Crippen LogP contribution in [0.1, 0.15) is 11.1 Å². The van der Waals surface area contributed by atoms with Gasteiger partial charge in [-0.25, -0.2) is 0 Å². The lowest BCUT2D eigenvalue weighted by atomic mass is 10.0. The monoisotopic (exact) mass is 224 g/mol. The summed E-state index contributed by atoms with van der Waals surface area (Å²) in [7, 11) is 0. The van der Waals surface area contributed by atoms with E-state index in [-0.39, 0.29) is 0 Å². The van der Waals surface area contributed by atoms with Gasteiger partial charge in [0.1, 0.15) is 0 Å². The molecule has 0 aliphatic carbocycles. The Morgan fingerprint density at radius 3 is 2.59 bits per heavy atom. The highest BCUT2D eigenvalue weighted by Crippen LogP contribution is 2.20. The topological polar surface area (TPSA) is 61.7 Å². The number of pyridine rings is 1. The van der Waals surface area contributed by atoms with E-state index in [9.17, 15) is 0 Å². The normalized spacial score (nSPS) is 9.65. The van der Waals surface area contributed by atoms with Crippen molar-refractivity contribution in [2.45, 2.75) is 12.8 Å². The molecule has 2 rings (SSSR count). The van der Waals surface area contributed by atoms with Gasteiger partial charge in [-0.3, -0.25) is 4.98 Å². The molecule has 1 heterocycles. The van der Waals surface area contributed by atoms with E-state index in [4.69, 9.17) is 5.53 Å². The van der Waals surface area contributed by atoms with Crippen LogP contribution < -0.4 is 0 Å². The molecule has 0 unspecified atom stereocenters. The van der Waals surface area contributed by atoms with E-state index < -0.39 is 0 Å². The Hall–Kier alpha value is -2.32. The number of hydrogen-bond donors (Lipinski definition) is 0. The minimum atomic E-state index is 0.712. The Labute approximate surface area is 99.6 Å². The van der Waals surface area contributed by atoms with E-state index >= 15 is 0 Å². The van der Waals surface area contributed by atoms with Gasteiger partial charge < -0.3 is 0 Å². The van der Waals surface area contributed by atoms with Crippen molar-refractivity contribution in [1.82, 2.24) is 4.98 Å². The van der Waals surface area contributed by atoms with Gasteiger partial charge in [-0.1, -0.05) is 29.4 Å². The second-order valence-electron chi connectivity index (χ2n) is 3.67. The summed E-state index contributed by atoms with van der Waals surface area (Å²) in [6.07, 6.45) is 5.35. The maximum atomic E-state index is 8.48. The molecule has 0 radical (unpaired) electrons. The van der Waals surface area contributed by atoms with Gasteiger partial charge >= 0.3 is 0 Å². The highest BCUT2D eigenvalue weighted by molar-refractivity contribution is 5.45. The predicted molar refractivity (Wildman–Crippen MR) is 66.9 cm³/mol. The number of aryl methyl sites for hydroxylation is 2. The van der Waals surface area contributed by atoms with E-state index in [1.165, 1.54) is 5.56 Å². The van der Waals surface area contributed by atoms with Gasteiger partial charge in [0.25, 0.3) is 0 Å². The average molecular weight is 224 g/mol. The average Bonchev–Trinajstić information content (AvgIpc) is 2.39. The number of aromatic nitrogens is 1. The fourth-order valence-electron chi connectivity index (χ4n) is 1.70. The van der Waals surface area contributed by atoms with Crippen LogP contribution in [0.25, 0.3) is 10.4 Å². The van der Waals surface area contributed by atoms with Crippen molar-refractivity contribution in [3.05, 3.63) is 70.4 Å². The largest absolute Gasteiger partial charge is 0.265 e. The molecule has 0 aliphatic heterocycles. The summed E-state index contributed by atoms with van der Waals surface area (Å²) in [5.74, 6) is 0. The van der Waals surface area contributed by atoms with Gasteiger partial charge in [0.05, 0.1) is 0 Å². The van der Waals surface area contributed by atoms with Crippen molar-refractivity contribution in [3.8, 4) is 0 Å². The van der Waals surface area contributed by atoms with Crippen LogP contribution in [-0.4, -0.2) is 4.98 Å². The Kier molecular flexibility index (Phi) is 3.73. The molecule has 0 atom stereocenters. The summed E-state index contributed by atoms with van der Waals surface area (Å²) in [6.45, 7) is 0. The third-order valence-electron chi connectivity index (χ3n) is 2.58. The fourth-order valence-corrected chi connectivity index (χ4v) is 1.70. The third kappa shape index (κ3) is 3.06. The molecule has 84 valence electrons. The molecule has 0 amide bonds. The molecule has 4 nitrogen and oxygen atoms in total. The van der Waals surface area contributed by atoms with E-state index in [1.54, 1.807) is 12.4 Å². The third-order valence-corrected chi connectivity index (χ3v) is 2.58. The first kappa shape index (κ1) is 11.2. The maximum Gasteiger partial charge on any atom is 0.0407 e. The van der Waals surface area contributed by atoms with Gasteiger partial charge in [-0.2, -0.15) is 0 Å². The second kappa shape index (κ2) is 5.68. The minimum absolute atomic E-state index is 0.712. The van der Waals surface area contributed by atoms with Gasteiger partial charge in [0, 0.05) is 23.0 Å². The van der Waals surface area contributed by atoms with E-state index in [0.29, 0.717) is 5.69 Å². The zero-order chi connectivity index (χ0) is 11.9.